The summed E-state index contributed by atoms with van der Waals surface area (Å²) in [6, 6.07) is 17.5. The molecule has 0 saturated carbocycles. The standard InChI is InChI=1S/C23H28/c1-7-18-9-13-20(14-10-18)22(3,4)17-23(5,6)21-15-11-19(8-2)12-16-21/h7-16H,1-2,17H2,3-6H3. The van der Waals surface area contributed by atoms with E-state index in [2.05, 4.69) is 89.4 Å². The van der Waals surface area contributed by atoms with Crippen LogP contribution in [0.1, 0.15) is 56.4 Å². The first kappa shape index (κ1) is 17.3. The summed E-state index contributed by atoms with van der Waals surface area (Å²) in [5.41, 5.74) is 5.31. The van der Waals surface area contributed by atoms with Gasteiger partial charge in [-0.3, -0.25) is 0 Å². The van der Waals surface area contributed by atoms with E-state index in [-0.39, 0.29) is 10.8 Å². The molecule has 2 aromatic carbocycles. The molecular formula is C23H28. The van der Waals surface area contributed by atoms with Crippen LogP contribution in [0, 0.1) is 0 Å². The molecule has 0 aliphatic heterocycles. The van der Waals surface area contributed by atoms with Crippen LogP contribution < -0.4 is 0 Å². The average Bonchev–Trinajstić information content (AvgIpc) is 2.54. The molecule has 0 aliphatic carbocycles. The Morgan fingerprint density at radius 2 is 0.957 bits per heavy atom. The molecule has 2 rings (SSSR count). The van der Waals surface area contributed by atoms with E-state index in [9.17, 15) is 0 Å². The first-order valence-corrected chi connectivity index (χ1v) is 8.24. The van der Waals surface area contributed by atoms with Gasteiger partial charge in [-0.05, 0) is 39.5 Å². The Bertz CT molecular complexity index is 605. The van der Waals surface area contributed by atoms with Gasteiger partial charge in [0.1, 0.15) is 0 Å². The third-order valence-corrected chi connectivity index (χ3v) is 4.74. The van der Waals surface area contributed by atoms with Gasteiger partial charge < -0.3 is 0 Å². The van der Waals surface area contributed by atoms with Gasteiger partial charge in [0.25, 0.3) is 0 Å². The summed E-state index contributed by atoms with van der Waals surface area (Å²) in [6.45, 7) is 17.0. The van der Waals surface area contributed by atoms with Crippen LogP contribution in [0.5, 0.6) is 0 Å². The molecule has 0 spiro atoms. The second kappa shape index (κ2) is 6.58. The smallest absolute Gasteiger partial charge is 0.00953 e. The highest BCUT2D eigenvalue weighted by molar-refractivity contribution is 5.49. The van der Waals surface area contributed by atoms with Gasteiger partial charge >= 0.3 is 0 Å². The number of rotatable bonds is 6. The van der Waals surface area contributed by atoms with Crippen LogP contribution in [0.25, 0.3) is 12.2 Å². The fourth-order valence-corrected chi connectivity index (χ4v) is 3.45. The average molecular weight is 304 g/mol. The Labute approximate surface area is 141 Å². The van der Waals surface area contributed by atoms with Gasteiger partial charge in [-0.25, -0.2) is 0 Å². The Hall–Kier alpha value is -2.08. The molecule has 0 radical (unpaired) electrons. The maximum absolute atomic E-state index is 3.83. The maximum atomic E-state index is 3.83. The molecule has 23 heavy (non-hydrogen) atoms. The van der Waals surface area contributed by atoms with E-state index in [0.29, 0.717) is 0 Å². The molecule has 2 aromatic rings. The molecule has 0 fully saturated rings. The van der Waals surface area contributed by atoms with Gasteiger partial charge in [0.2, 0.25) is 0 Å². The van der Waals surface area contributed by atoms with Crippen molar-refractivity contribution >= 4 is 12.2 Å². The van der Waals surface area contributed by atoms with Crippen LogP contribution in [-0.2, 0) is 10.8 Å². The van der Waals surface area contributed by atoms with Crippen LogP contribution >= 0.6 is 0 Å². The van der Waals surface area contributed by atoms with Crippen molar-refractivity contribution < 1.29 is 0 Å². The van der Waals surface area contributed by atoms with Crippen molar-refractivity contribution in [2.45, 2.75) is 44.9 Å². The Morgan fingerprint density at radius 3 is 1.22 bits per heavy atom. The lowest BCUT2D eigenvalue weighted by molar-refractivity contribution is 0.349. The highest BCUT2D eigenvalue weighted by atomic mass is 14.4. The van der Waals surface area contributed by atoms with Crippen LogP contribution in [-0.4, -0.2) is 0 Å². The zero-order valence-corrected chi connectivity index (χ0v) is 14.9. The third-order valence-electron chi connectivity index (χ3n) is 4.74. The lowest BCUT2D eigenvalue weighted by Crippen LogP contribution is -2.29. The van der Waals surface area contributed by atoms with E-state index in [1.165, 1.54) is 22.3 Å². The molecule has 0 amide bonds. The van der Waals surface area contributed by atoms with E-state index in [4.69, 9.17) is 0 Å². The molecule has 0 nitrogen and oxygen atoms in total. The summed E-state index contributed by atoms with van der Waals surface area (Å²) in [5, 5.41) is 0. The van der Waals surface area contributed by atoms with Gasteiger partial charge in [0, 0.05) is 0 Å². The SMILES string of the molecule is C=Cc1ccc(C(C)(C)CC(C)(C)c2ccc(C=C)cc2)cc1. The summed E-state index contributed by atoms with van der Waals surface area (Å²) in [5.74, 6) is 0. The second-order valence-electron chi connectivity index (χ2n) is 7.60. The largest absolute Gasteiger partial charge is 0.0985 e. The predicted molar refractivity (Wildman–Crippen MR) is 104 cm³/mol. The summed E-state index contributed by atoms with van der Waals surface area (Å²) in [6.07, 6.45) is 4.87. The Kier molecular flexibility index (Phi) is 4.94. The van der Waals surface area contributed by atoms with E-state index >= 15 is 0 Å². The molecule has 0 unspecified atom stereocenters. The molecule has 0 saturated heterocycles. The number of hydrogen-bond donors (Lipinski definition) is 0. The normalized spacial score (nSPS) is 12.0. The molecule has 0 bridgehead atoms. The molecule has 0 heterocycles. The first-order chi connectivity index (χ1) is 10.8. The van der Waals surface area contributed by atoms with Gasteiger partial charge in [0.15, 0.2) is 0 Å². The van der Waals surface area contributed by atoms with Crippen LogP contribution in [0.3, 0.4) is 0 Å². The predicted octanol–water partition coefficient (Wildman–Crippen LogP) is 6.62. The minimum Gasteiger partial charge on any atom is -0.0985 e. The van der Waals surface area contributed by atoms with Gasteiger partial charge in [0.05, 0.1) is 0 Å². The van der Waals surface area contributed by atoms with E-state index in [0.717, 1.165) is 6.42 Å². The minimum absolute atomic E-state index is 0.111. The second-order valence-corrected chi connectivity index (χ2v) is 7.60. The molecular weight excluding hydrogens is 276 g/mol. The van der Waals surface area contributed by atoms with Crippen molar-refractivity contribution in [2.75, 3.05) is 0 Å². The topological polar surface area (TPSA) is 0 Å². The number of hydrogen-bond acceptors (Lipinski definition) is 0. The van der Waals surface area contributed by atoms with Crippen LogP contribution in [0.2, 0.25) is 0 Å². The van der Waals surface area contributed by atoms with E-state index in [1.807, 2.05) is 12.2 Å². The fourth-order valence-electron chi connectivity index (χ4n) is 3.45. The van der Waals surface area contributed by atoms with Crippen molar-refractivity contribution in [3.05, 3.63) is 83.9 Å². The summed E-state index contributed by atoms with van der Waals surface area (Å²) in [7, 11) is 0. The summed E-state index contributed by atoms with van der Waals surface area (Å²) in [4.78, 5) is 0. The molecule has 0 aliphatic rings. The highest BCUT2D eigenvalue weighted by Crippen LogP contribution is 2.39. The van der Waals surface area contributed by atoms with Crippen molar-refractivity contribution in [1.29, 1.82) is 0 Å². The Balaban J connectivity index is 2.25. The van der Waals surface area contributed by atoms with Gasteiger partial charge in [-0.15, -0.1) is 0 Å². The first-order valence-electron chi connectivity index (χ1n) is 8.24. The van der Waals surface area contributed by atoms with Crippen LogP contribution in [0.4, 0.5) is 0 Å². The van der Waals surface area contributed by atoms with Crippen molar-refractivity contribution in [3.63, 3.8) is 0 Å². The monoisotopic (exact) mass is 304 g/mol. The van der Waals surface area contributed by atoms with Gasteiger partial charge in [-0.2, -0.15) is 0 Å². The lowest BCUT2D eigenvalue weighted by Gasteiger charge is -2.36. The zero-order valence-electron chi connectivity index (χ0n) is 14.9. The summed E-state index contributed by atoms with van der Waals surface area (Å²) < 4.78 is 0. The molecule has 0 atom stereocenters. The third kappa shape index (κ3) is 4.01. The van der Waals surface area contributed by atoms with E-state index in [1.54, 1.807) is 0 Å². The highest BCUT2D eigenvalue weighted by Gasteiger charge is 2.31. The van der Waals surface area contributed by atoms with Crippen molar-refractivity contribution in [2.24, 2.45) is 0 Å². The Morgan fingerprint density at radius 1 is 0.652 bits per heavy atom. The maximum Gasteiger partial charge on any atom is -0.00953 e. The number of benzene rings is 2. The molecule has 120 valence electrons. The quantitative estimate of drug-likeness (QED) is 0.562. The summed E-state index contributed by atoms with van der Waals surface area (Å²) >= 11 is 0. The molecule has 0 N–H and O–H groups in total. The lowest BCUT2D eigenvalue weighted by atomic mass is 9.68. The molecule has 0 heteroatoms. The minimum atomic E-state index is 0.111. The van der Waals surface area contributed by atoms with Crippen molar-refractivity contribution in [1.82, 2.24) is 0 Å². The van der Waals surface area contributed by atoms with Gasteiger partial charge in [-0.1, -0.05) is 102 Å². The van der Waals surface area contributed by atoms with Crippen molar-refractivity contribution in [3.8, 4) is 0 Å². The zero-order chi connectivity index (χ0) is 17.1. The van der Waals surface area contributed by atoms with Crippen LogP contribution in [0.15, 0.2) is 61.7 Å². The molecule has 0 aromatic heterocycles. The van der Waals surface area contributed by atoms with E-state index < -0.39 is 0 Å². The fraction of sp³-hybridized carbons (Fsp3) is 0.304.